The summed E-state index contributed by atoms with van der Waals surface area (Å²) >= 11 is 2.77. The molecular weight excluding hydrogens is 387 g/mol. The second-order valence-corrected chi connectivity index (χ2v) is 9.05. The maximum Gasteiger partial charge on any atom is 1.00 e. The Kier molecular flexibility index (Phi) is 7.08. The zero-order chi connectivity index (χ0) is 17.5. The van der Waals surface area contributed by atoms with Gasteiger partial charge in [-0.25, -0.2) is 0 Å². The molecule has 128 valence electrons. The Bertz CT molecular complexity index is 686. The molecule has 0 unspecified atom stereocenters. The van der Waals surface area contributed by atoms with Gasteiger partial charge in [-0.2, -0.15) is 0 Å². The van der Waals surface area contributed by atoms with E-state index < -0.39 is 22.8 Å². The first kappa shape index (κ1) is 21.3. The van der Waals surface area contributed by atoms with Crippen LogP contribution in [0.5, 0.6) is 0 Å². The van der Waals surface area contributed by atoms with Crippen LogP contribution in [0.3, 0.4) is 0 Å². The molecule has 2 aliphatic heterocycles. The fourth-order valence-electron chi connectivity index (χ4n) is 3.01. The van der Waals surface area contributed by atoms with Crippen LogP contribution in [0.2, 0.25) is 0 Å². The molecule has 2 heterocycles. The molecule has 3 rings (SSSR count). The number of rotatable bonds is 5. The number of carboxylic acids is 1. The van der Waals surface area contributed by atoms with E-state index in [-0.39, 0.29) is 74.3 Å². The van der Waals surface area contributed by atoms with Crippen molar-refractivity contribution in [2.24, 2.45) is 0 Å². The summed E-state index contributed by atoms with van der Waals surface area (Å²) in [6, 6.07) is 7.88. The Morgan fingerprint density at radius 1 is 1.32 bits per heavy atom. The predicted octanol–water partition coefficient (Wildman–Crippen LogP) is -2.92. The van der Waals surface area contributed by atoms with Crippen LogP contribution < -0.4 is 61.8 Å². The first-order valence-electron chi connectivity index (χ1n) is 7.49. The zero-order valence-electron chi connectivity index (χ0n) is 14.2. The second kappa shape index (κ2) is 8.33. The van der Waals surface area contributed by atoms with Crippen LogP contribution >= 0.6 is 23.5 Å². The van der Waals surface area contributed by atoms with Crippen molar-refractivity contribution in [2.75, 3.05) is 5.75 Å². The third-order valence-corrected chi connectivity index (χ3v) is 6.68. The fourth-order valence-corrected chi connectivity index (χ4v) is 5.36. The minimum atomic E-state index is -1.26. The van der Waals surface area contributed by atoms with Crippen molar-refractivity contribution in [3.63, 3.8) is 0 Å². The van der Waals surface area contributed by atoms with Gasteiger partial charge < -0.3 is 20.1 Å². The van der Waals surface area contributed by atoms with E-state index in [1.807, 2.05) is 30.3 Å². The minimum absolute atomic E-state index is 0. The molecule has 1 aromatic carbocycles. The topological polar surface area (TPSA) is 89.5 Å². The first-order chi connectivity index (χ1) is 11.3. The van der Waals surface area contributed by atoms with Gasteiger partial charge in [-0.15, -0.1) is 23.5 Å². The van der Waals surface area contributed by atoms with Gasteiger partial charge in [0.15, 0.2) is 0 Å². The maximum absolute atomic E-state index is 12.3. The van der Waals surface area contributed by atoms with Gasteiger partial charge in [-0.3, -0.25) is 9.59 Å². The summed E-state index contributed by atoms with van der Waals surface area (Å²) in [5, 5.41) is 13.7. The summed E-state index contributed by atoms with van der Waals surface area (Å²) in [5.74, 6) is -1.64. The monoisotopic (exact) mass is 404 g/mol. The standard InChI is InChI=1S/C16H18N2O4S2.K/c1-16(2)12(15(21)22)18-13(20)11(14(18)24-16)17-10(19)8-23-9-6-4-3-5-7-9;/h3-7,11-12,14H,8H2,1-2H3,(H,17,19)(H,21,22);/q;+1/p-1/t11-,12+,14-;/m1./s1. The molecule has 25 heavy (non-hydrogen) atoms. The molecule has 0 bridgehead atoms. The Morgan fingerprint density at radius 3 is 2.56 bits per heavy atom. The molecular formula is C16H17KN2O4S2. The largest absolute Gasteiger partial charge is 1.00 e. The van der Waals surface area contributed by atoms with Gasteiger partial charge in [0.2, 0.25) is 11.8 Å². The number of carboxylic acid groups (broad SMARTS) is 1. The number of nitrogens with one attached hydrogen (secondary N) is 1. The first-order valence-corrected chi connectivity index (χ1v) is 9.36. The average Bonchev–Trinajstić information content (AvgIpc) is 2.80. The van der Waals surface area contributed by atoms with Crippen molar-refractivity contribution in [1.82, 2.24) is 10.2 Å². The molecule has 2 fully saturated rings. The number of benzene rings is 1. The van der Waals surface area contributed by atoms with E-state index in [1.54, 1.807) is 13.8 Å². The molecule has 2 amide bonds. The van der Waals surface area contributed by atoms with Gasteiger partial charge in [-0.1, -0.05) is 18.2 Å². The van der Waals surface area contributed by atoms with Crippen molar-refractivity contribution in [3.05, 3.63) is 30.3 Å². The Hall–Kier alpha value is -0.0336. The number of β-lactam (4-membered cyclic amide) rings is 1. The summed E-state index contributed by atoms with van der Waals surface area (Å²) in [5.41, 5.74) is 0. The number of hydrogen-bond donors (Lipinski definition) is 1. The molecule has 0 spiro atoms. The Balaban J connectivity index is 0.00000225. The van der Waals surface area contributed by atoms with Crippen molar-refractivity contribution >= 4 is 41.3 Å². The summed E-state index contributed by atoms with van der Waals surface area (Å²) in [6.45, 7) is 3.54. The summed E-state index contributed by atoms with van der Waals surface area (Å²) in [4.78, 5) is 38.0. The number of aliphatic carboxylic acids is 1. The normalized spacial score (nSPS) is 26.2. The number of carbonyl (C=O) groups excluding carboxylic acids is 3. The van der Waals surface area contributed by atoms with E-state index in [0.717, 1.165) is 4.90 Å². The zero-order valence-corrected chi connectivity index (χ0v) is 19.0. The molecule has 2 aliphatic rings. The third kappa shape index (κ3) is 4.28. The molecule has 0 aliphatic carbocycles. The summed E-state index contributed by atoms with van der Waals surface area (Å²) < 4.78 is -0.641. The van der Waals surface area contributed by atoms with Crippen LogP contribution in [0.1, 0.15) is 13.8 Å². The van der Waals surface area contributed by atoms with Crippen LogP contribution in [0, 0.1) is 0 Å². The number of hydrogen-bond acceptors (Lipinski definition) is 6. The molecule has 2 saturated heterocycles. The van der Waals surface area contributed by atoms with Gasteiger partial charge >= 0.3 is 51.4 Å². The van der Waals surface area contributed by atoms with Gasteiger partial charge in [0.1, 0.15) is 11.4 Å². The van der Waals surface area contributed by atoms with Gasteiger partial charge in [0.25, 0.3) is 0 Å². The van der Waals surface area contributed by atoms with E-state index >= 15 is 0 Å². The van der Waals surface area contributed by atoms with Crippen molar-refractivity contribution in [3.8, 4) is 0 Å². The van der Waals surface area contributed by atoms with Crippen LogP contribution in [-0.4, -0.2) is 50.6 Å². The van der Waals surface area contributed by atoms with E-state index in [2.05, 4.69) is 5.32 Å². The van der Waals surface area contributed by atoms with Gasteiger partial charge in [0.05, 0.1) is 17.8 Å². The fraction of sp³-hybridized carbons (Fsp3) is 0.438. The van der Waals surface area contributed by atoms with Crippen LogP contribution in [0.4, 0.5) is 0 Å². The van der Waals surface area contributed by atoms with E-state index in [9.17, 15) is 19.5 Å². The van der Waals surface area contributed by atoms with E-state index in [4.69, 9.17) is 0 Å². The number of nitrogens with zero attached hydrogens (tertiary/aromatic N) is 1. The van der Waals surface area contributed by atoms with Gasteiger partial charge in [-0.05, 0) is 26.0 Å². The summed E-state index contributed by atoms with van der Waals surface area (Å²) in [6.07, 6.45) is 0. The molecule has 1 N–H and O–H groups in total. The number of fused-ring (bicyclic) bond motifs is 1. The van der Waals surface area contributed by atoms with Crippen LogP contribution in [0.25, 0.3) is 0 Å². The molecule has 0 aromatic heterocycles. The molecule has 1 aromatic rings. The van der Waals surface area contributed by atoms with Crippen molar-refractivity contribution < 1.29 is 70.9 Å². The molecule has 0 radical (unpaired) electrons. The second-order valence-electron chi connectivity index (χ2n) is 6.23. The van der Waals surface area contributed by atoms with Crippen molar-refractivity contribution in [2.45, 2.75) is 40.9 Å². The SMILES string of the molecule is CC1(C)S[C@@H]2[C@H](NC(=O)CSc3ccccc3)C(=O)N2[C@H]1C(=O)[O-].[K+]. The number of amides is 2. The average molecular weight is 405 g/mol. The molecule has 6 nitrogen and oxygen atoms in total. The van der Waals surface area contributed by atoms with Crippen molar-refractivity contribution in [1.29, 1.82) is 0 Å². The Labute approximate surface area is 197 Å². The third-order valence-electron chi connectivity index (χ3n) is 4.09. The van der Waals surface area contributed by atoms with E-state index in [0.29, 0.717) is 0 Å². The molecule has 0 saturated carbocycles. The predicted molar refractivity (Wildman–Crippen MR) is 90.2 cm³/mol. The minimum Gasteiger partial charge on any atom is -0.548 e. The van der Waals surface area contributed by atoms with Crippen LogP contribution in [0.15, 0.2) is 35.2 Å². The van der Waals surface area contributed by atoms with E-state index in [1.165, 1.54) is 28.4 Å². The Morgan fingerprint density at radius 2 is 1.96 bits per heavy atom. The quantitative estimate of drug-likeness (QED) is 0.321. The van der Waals surface area contributed by atoms with Gasteiger partial charge in [0, 0.05) is 9.64 Å². The van der Waals surface area contributed by atoms with Crippen LogP contribution in [-0.2, 0) is 14.4 Å². The molecule has 9 heteroatoms. The molecule has 3 atom stereocenters. The number of carbonyl (C=O) groups is 3. The smallest absolute Gasteiger partial charge is 0.548 e. The maximum atomic E-state index is 12.3. The number of thioether (sulfide) groups is 2. The summed E-state index contributed by atoms with van der Waals surface area (Å²) in [7, 11) is 0.